The van der Waals surface area contributed by atoms with Crippen molar-refractivity contribution in [3.8, 4) is 0 Å². The number of aromatic nitrogens is 3. The number of nitrogens with one attached hydrogen (secondary N) is 1. The topological polar surface area (TPSA) is 97.1 Å². The van der Waals surface area contributed by atoms with Crippen LogP contribution in [0.5, 0.6) is 0 Å². The molecule has 0 spiro atoms. The first kappa shape index (κ1) is 14.9. The average molecular weight is 317 g/mol. The van der Waals surface area contributed by atoms with E-state index in [0.29, 0.717) is 11.4 Å². The fourth-order valence-electron chi connectivity index (χ4n) is 1.56. The van der Waals surface area contributed by atoms with Crippen LogP contribution in [0.3, 0.4) is 0 Å². The van der Waals surface area contributed by atoms with E-state index in [-0.39, 0.29) is 23.1 Å². The van der Waals surface area contributed by atoms with Crippen molar-refractivity contribution in [2.45, 2.75) is 18.0 Å². The Bertz CT molecular complexity index is 714. The number of aryl methyl sites for hydroxylation is 1. The van der Waals surface area contributed by atoms with E-state index >= 15 is 0 Å². The lowest BCUT2D eigenvalue weighted by Crippen LogP contribution is -2.25. The lowest BCUT2D eigenvalue weighted by Gasteiger charge is -2.09. The lowest BCUT2D eigenvalue weighted by atomic mass is 10.2. The van der Waals surface area contributed by atoms with Gasteiger partial charge in [-0.2, -0.15) is 0 Å². The zero-order chi connectivity index (χ0) is 14.8. The highest BCUT2D eigenvalue weighted by Gasteiger charge is 2.19. The number of nitrogens with zero attached hydrogens (tertiary/aromatic N) is 3. The predicted octanol–water partition coefficient (Wildman–Crippen LogP) is 0.439. The van der Waals surface area contributed by atoms with E-state index in [4.69, 9.17) is 16.7 Å². The molecular weight excluding hydrogens is 304 g/mol. The molecule has 2 rings (SSSR count). The maximum absolute atomic E-state index is 12.2. The summed E-state index contributed by atoms with van der Waals surface area (Å²) in [6, 6.07) is 4.33. The molecule has 0 aliphatic heterocycles. The van der Waals surface area contributed by atoms with Gasteiger partial charge in [0.25, 0.3) is 0 Å². The van der Waals surface area contributed by atoms with Crippen molar-refractivity contribution in [3.05, 3.63) is 40.9 Å². The molecule has 0 amide bonds. The van der Waals surface area contributed by atoms with Crippen molar-refractivity contribution < 1.29 is 13.5 Å². The summed E-state index contributed by atoms with van der Waals surface area (Å²) in [6.45, 7) is -0.262. The van der Waals surface area contributed by atoms with E-state index < -0.39 is 10.0 Å². The Morgan fingerprint density at radius 2 is 2.20 bits per heavy atom. The van der Waals surface area contributed by atoms with Crippen LogP contribution >= 0.6 is 11.6 Å². The number of rotatable bonds is 5. The van der Waals surface area contributed by atoms with Crippen molar-refractivity contribution >= 4 is 21.6 Å². The van der Waals surface area contributed by atoms with Crippen LogP contribution in [0.25, 0.3) is 0 Å². The van der Waals surface area contributed by atoms with Gasteiger partial charge in [-0.05, 0) is 17.7 Å². The van der Waals surface area contributed by atoms with Crippen LogP contribution < -0.4 is 4.72 Å². The summed E-state index contributed by atoms with van der Waals surface area (Å²) in [5.74, 6) is 0.475. The Morgan fingerprint density at radius 1 is 1.45 bits per heavy atom. The Hall–Kier alpha value is -1.48. The lowest BCUT2D eigenvalue weighted by molar-refractivity contribution is 0.281. The third-order valence-corrected chi connectivity index (χ3v) is 4.58. The second-order valence-electron chi connectivity index (χ2n) is 4.11. The molecule has 0 atom stereocenters. The van der Waals surface area contributed by atoms with E-state index in [9.17, 15) is 8.42 Å². The van der Waals surface area contributed by atoms with E-state index in [2.05, 4.69) is 14.9 Å². The second-order valence-corrected chi connectivity index (χ2v) is 6.25. The summed E-state index contributed by atoms with van der Waals surface area (Å²) in [4.78, 5) is -0.0760. The van der Waals surface area contributed by atoms with Gasteiger partial charge in [-0.25, -0.2) is 13.1 Å². The van der Waals surface area contributed by atoms with Crippen LogP contribution in [0, 0.1) is 0 Å². The highest BCUT2D eigenvalue weighted by Crippen LogP contribution is 2.22. The third-order valence-electron chi connectivity index (χ3n) is 2.69. The van der Waals surface area contributed by atoms with Gasteiger partial charge in [-0.15, -0.1) is 10.2 Å². The highest BCUT2D eigenvalue weighted by molar-refractivity contribution is 7.89. The van der Waals surface area contributed by atoms with Crippen molar-refractivity contribution in [2.24, 2.45) is 7.05 Å². The molecule has 0 fully saturated rings. The molecule has 1 heterocycles. The van der Waals surface area contributed by atoms with Gasteiger partial charge in [0.05, 0.1) is 18.2 Å². The molecule has 108 valence electrons. The van der Waals surface area contributed by atoms with Gasteiger partial charge in [0.15, 0.2) is 0 Å². The summed E-state index contributed by atoms with van der Waals surface area (Å²) >= 11 is 5.90. The minimum Gasteiger partial charge on any atom is -0.392 e. The smallest absolute Gasteiger partial charge is 0.242 e. The number of hydrogen-bond donors (Lipinski definition) is 2. The van der Waals surface area contributed by atoms with Gasteiger partial charge in [0, 0.05) is 7.05 Å². The summed E-state index contributed by atoms with van der Waals surface area (Å²) < 4.78 is 28.4. The highest BCUT2D eigenvalue weighted by atomic mass is 35.5. The van der Waals surface area contributed by atoms with Crippen molar-refractivity contribution in [3.63, 3.8) is 0 Å². The third kappa shape index (κ3) is 3.15. The first-order chi connectivity index (χ1) is 9.44. The predicted molar refractivity (Wildman–Crippen MR) is 72.4 cm³/mol. The molecular formula is C11H13ClN4O3S. The van der Waals surface area contributed by atoms with Crippen LogP contribution in [0.1, 0.15) is 11.4 Å². The monoisotopic (exact) mass is 316 g/mol. The van der Waals surface area contributed by atoms with Gasteiger partial charge < -0.3 is 9.67 Å². The molecule has 1 aromatic heterocycles. The van der Waals surface area contributed by atoms with Crippen LogP contribution in [0.2, 0.25) is 5.02 Å². The van der Waals surface area contributed by atoms with E-state index in [1.165, 1.54) is 18.5 Å². The van der Waals surface area contributed by atoms with Crippen molar-refractivity contribution in [2.75, 3.05) is 0 Å². The van der Waals surface area contributed by atoms with Gasteiger partial charge in [-0.3, -0.25) is 0 Å². The summed E-state index contributed by atoms with van der Waals surface area (Å²) in [6.07, 6.45) is 1.48. The molecule has 20 heavy (non-hydrogen) atoms. The van der Waals surface area contributed by atoms with Gasteiger partial charge in [0.1, 0.15) is 17.0 Å². The Kier molecular flexibility index (Phi) is 4.39. The molecule has 0 unspecified atom stereocenters. The number of aliphatic hydroxyl groups is 1. The summed E-state index contributed by atoms with van der Waals surface area (Å²) in [5.41, 5.74) is 0.466. The SMILES string of the molecule is Cn1cnnc1CNS(=O)(=O)c1cc(CO)ccc1Cl. The second kappa shape index (κ2) is 5.88. The quantitative estimate of drug-likeness (QED) is 0.834. The number of halogens is 1. The molecule has 0 saturated carbocycles. The van der Waals surface area contributed by atoms with Gasteiger partial charge in [0.2, 0.25) is 10.0 Å². The maximum atomic E-state index is 12.2. The summed E-state index contributed by atoms with van der Waals surface area (Å²) in [7, 11) is -2.08. The standard InChI is InChI=1S/C11H13ClN4O3S/c1-16-7-13-15-11(16)5-14-20(18,19)10-4-8(6-17)2-3-9(10)12/h2-4,7,14,17H,5-6H2,1H3. The molecule has 7 nitrogen and oxygen atoms in total. The van der Waals surface area contributed by atoms with E-state index in [1.807, 2.05) is 0 Å². The minimum absolute atomic E-state index is 0.00147. The number of benzene rings is 1. The largest absolute Gasteiger partial charge is 0.392 e. The minimum atomic E-state index is -3.79. The Balaban J connectivity index is 2.24. The number of sulfonamides is 1. The van der Waals surface area contributed by atoms with Crippen LogP contribution in [-0.2, 0) is 30.2 Å². The Labute approximate surface area is 121 Å². The van der Waals surface area contributed by atoms with Gasteiger partial charge in [-0.1, -0.05) is 17.7 Å². The van der Waals surface area contributed by atoms with Crippen molar-refractivity contribution in [1.82, 2.24) is 19.5 Å². The average Bonchev–Trinajstić information content (AvgIpc) is 2.82. The maximum Gasteiger partial charge on any atom is 0.242 e. The normalized spacial score (nSPS) is 11.8. The molecule has 1 aromatic carbocycles. The molecule has 2 N–H and O–H groups in total. The molecule has 2 aromatic rings. The fourth-order valence-corrected chi connectivity index (χ4v) is 3.08. The molecule has 0 bridgehead atoms. The Morgan fingerprint density at radius 3 is 2.80 bits per heavy atom. The van der Waals surface area contributed by atoms with E-state index in [0.717, 1.165) is 0 Å². The van der Waals surface area contributed by atoms with Gasteiger partial charge >= 0.3 is 0 Å². The zero-order valence-corrected chi connectivity index (χ0v) is 12.2. The number of aliphatic hydroxyl groups excluding tert-OH is 1. The molecule has 0 saturated heterocycles. The molecule has 9 heteroatoms. The first-order valence-electron chi connectivity index (χ1n) is 5.66. The molecule has 0 aliphatic rings. The summed E-state index contributed by atoms with van der Waals surface area (Å²) in [5, 5.41) is 16.6. The van der Waals surface area contributed by atoms with Crippen LogP contribution in [-0.4, -0.2) is 28.3 Å². The first-order valence-corrected chi connectivity index (χ1v) is 7.52. The zero-order valence-electron chi connectivity index (χ0n) is 10.6. The number of hydrogen-bond acceptors (Lipinski definition) is 5. The van der Waals surface area contributed by atoms with E-state index in [1.54, 1.807) is 17.7 Å². The van der Waals surface area contributed by atoms with Crippen molar-refractivity contribution in [1.29, 1.82) is 0 Å². The van der Waals surface area contributed by atoms with Crippen LogP contribution in [0.15, 0.2) is 29.4 Å². The molecule has 0 radical (unpaired) electrons. The fraction of sp³-hybridized carbons (Fsp3) is 0.273. The van der Waals surface area contributed by atoms with Crippen LogP contribution in [0.4, 0.5) is 0 Å². The molecule has 0 aliphatic carbocycles.